The van der Waals surface area contributed by atoms with Gasteiger partial charge in [0.2, 0.25) is 5.78 Å². The molecule has 2 aromatic rings. The van der Waals surface area contributed by atoms with Gasteiger partial charge in [-0.15, -0.1) is 0 Å². The highest BCUT2D eigenvalue weighted by Gasteiger charge is 2.13. The molecule has 0 aliphatic heterocycles. The summed E-state index contributed by atoms with van der Waals surface area (Å²) in [5.74, 6) is 0.0715. The predicted octanol–water partition coefficient (Wildman–Crippen LogP) is 3.42. The first kappa shape index (κ1) is 11.6. The SMILES string of the molecule is CCc1ccc(C(=O)c2ccc(C)cc2C)[nH]1. The van der Waals surface area contributed by atoms with Gasteiger partial charge in [-0.3, -0.25) is 4.79 Å². The molecule has 17 heavy (non-hydrogen) atoms. The molecule has 2 nitrogen and oxygen atoms in total. The van der Waals surface area contributed by atoms with Crippen molar-refractivity contribution >= 4 is 5.78 Å². The summed E-state index contributed by atoms with van der Waals surface area (Å²) < 4.78 is 0. The van der Waals surface area contributed by atoms with Gasteiger partial charge in [0.1, 0.15) is 0 Å². The van der Waals surface area contributed by atoms with Gasteiger partial charge in [-0.1, -0.05) is 30.7 Å². The van der Waals surface area contributed by atoms with Crippen LogP contribution in [0, 0.1) is 13.8 Å². The molecular weight excluding hydrogens is 210 g/mol. The lowest BCUT2D eigenvalue weighted by atomic mass is 10.0. The largest absolute Gasteiger partial charge is 0.356 e. The summed E-state index contributed by atoms with van der Waals surface area (Å²) in [7, 11) is 0. The number of aromatic amines is 1. The summed E-state index contributed by atoms with van der Waals surface area (Å²) in [5.41, 5.74) is 4.76. The highest BCUT2D eigenvalue weighted by molar-refractivity contribution is 6.08. The molecule has 0 spiro atoms. The molecule has 0 saturated heterocycles. The van der Waals surface area contributed by atoms with Gasteiger partial charge in [-0.05, 0) is 38.0 Å². The Morgan fingerprint density at radius 1 is 1.18 bits per heavy atom. The molecule has 0 amide bonds. The zero-order valence-electron chi connectivity index (χ0n) is 10.5. The lowest BCUT2D eigenvalue weighted by Gasteiger charge is -2.04. The zero-order chi connectivity index (χ0) is 12.4. The van der Waals surface area contributed by atoms with Crippen molar-refractivity contribution in [3.8, 4) is 0 Å². The number of carbonyl (C=O) groups excluding carboxylic acids is 1. The molecule has 1 aromatic carbocycles. The molecule has 0 unspecified atom stereocenters. The molecule has 1 heterocycles. The van der Waals surface area contributed by atoms with Crippen LogP contribution in [-0.4, -0.2) is 10.8 Å². The van der Waals surface area contributed by atoms with Gasteiger partial charge < -0.3 is 4.98 Å². The molecule has 2 heteroatoms. The molecule has 2 rings (SSSR count). The van der Waals surface area contributed by atoms with Crippen molar-refractivity contribution in [1.82, 2.24) is 4.98 Å². The van der Waals surface area contributed by atoms with E-state index in [1.54, 1.807) is 0 Å². The second-order valence-corrected chi connectivity index (χ2v) is 4.40. The van der Waals surface area contributed by atoms with E-state index in [2.05, 4.69) is 11.9 Å². The topological polar surface area (TPSA) is 32.9 Å². The number of benzene rings is 1. The van der Waals surface area contributed by atoms with Crippen molar-refractivity contribution in [3.63, 3.8) is 0 Å². The second-order valence-electron chi connectivity index (χ2n) is 4.40. The Kier molecular flexibility index (Phi) is 3.14. The number of nitrogens with one attached hydrogen (secondary N) is 1. The van der Waals surface area contributed by atoms with Gasteiger partial charge >= 0.3 is 0 Å². The van der Waals surface area contributed by atoms with Gasteiger partial charge in [0, 0.05) is 11.3 Å². The first-order valence-electron chi connectivity index (χ1n) is 5.91. The van der Waals surface area contributed by atoms with Crippen molar-refractivity contribution in [3.05, 3.63) is 58.4 Å². The summed E-state index contributed by atoms with van der Waals surface area (Å²) >= 11 is 0. The fourth-order valence-electron chi connectivity index (χ4n) is 1.99. The minimum absolute atomic E-state index is 0.0715. The first-order chi connectivity index (χ1) is 8.11. The van der Waals surface area contributed by atoms with Crippen LogP contribution in [0.2, 0.25) is 0 Å². The average Bonchev–Trinajstić information content (AvgIpc) is 2.76. The van der Waals surface area contributed by atoms with E-state index < -0.39 is 0 Å². The fourth-order valence-corrected chi connectivity index (χ4v) is 1.99. The summed E-state index contributed by atoms with van der Waals surface area (Å²) in [6, 6.07) is 9.75. The molecule has 0 aliphatic rings. The van der Waals surface area contributed by atoms with Crippen LogP contribution in [0.15, 0.2) is 30.3 Å². The first-order valence-corrected chi connectivity index (χ1v) is 5.91. The summed E-state index contributed by atoms with van der Waals surface area (Å²) in [4.78, 5) is 15.4. The van der Waals surface area contributed by atoms with E-state index in [4.69, 9.17) is 0 Å². The number of hydrogen-bond acceptors (Lipinski definition) is 1. The Labute approximate surface area is 102 Å². The Bertz CT molecular complexity index is 552. The van der Waals surface area contributed by atoms with E-state index in [9.17, 15) is 4.79 Å². The highest BCUT2D eigenvalue weighted by Crippen LogP contribution is 2.15. The van der Waals surface area contributed by atoms with Crippen molar-refractivity contribution < 1.29 is 4.79 Å². The third-order valence-corrected chi connectivity index (χ3v) is 3.00. The average molecular weight is 227 g/mol. The maximum Gasteiger partial charge on any atom is 0.209 e. The monoisotopic (exact) mass is 227 g/mol. The Morgan fingerprint density at radius 2 is 1.94 bits per heavy atom. The van der Waals surface area contributed by atoms with Crippen LogP contribution >= 0.6 is 0 Å². The van der Waals surface area contributed by atoms with Crippen LogP contribution in [0.5, 0.6) is 0 Å². The Morgan fingerprint density at radius 3 is 2.53 bits per heavy atom. The molecule has 0 bridgehead atoms. The maximum atomic E-state index is 12.3. The van der Waals surface area contributed by atoms with Crippen LogP contribution in [0.4, 0.5) is 0 Å². The zero-order valence-corrected chi connectivity index (χ0v) is 10.5. The molecule has 0 fully saturated rings. The minimum Gasteiger partial charge on any atom is -0.356 e. The molecule has 0 radical (unpaired) electrons. The molecular formula is C15H17NO. The second kappa shape index (κ2) is 4.58. The van der Waals surface area contributed by atoms with Crippen molar-refractivity contribution in [2.45, 2.75) is 27.2 Å². The summed E-state index contributed by atoms with van der Waals surface area (Å²) in [6.07, 6.45) is 0.917. The number of rotatable bonds is 3. The van der Waals surface area contributed by atoms with Crippen LogP contribution in [-0.2, 0) is 6.42 Å². The van der Waals surface area contributed by atoms with Crippen molar-refractivity contribution in [2.24, 2.45) is 0 Å². The molecule has 1 aromatic heterocycles. The van der Waals surface area contributed by atoms with Crippen LogP contribution in [0.3, 0.4) is 0 Å². The van der Waals surface area contributed by atoms with E-state index in [0.29, 0.717) is 5.69 Å². The maximum absolute atomic E-state index is 12.3. The van der Waals surface area contributed by atoms with E-state index >= 15 is 0 Å². The molecule has 1 N–H and O–H groups in total. The molecule has 0 aliphatic carbocycles. The van der Waals surface area contributed by atoms with Crippen LogP contribution < -0.4 is 0 Å². The highest BCUT2D eigenvalue weighted by atomic mass is 16.1. The van der Waals surface area contributed by atoms with E-state index in [-0.39, 0.29) is 5.78 Å². The van der Waals surface area contributed by atoms with E-state index in [0.717, 1.165) is 23.2 Å². The number of H-pyrrole nitrogens is 1. The van der Waals surface area contributed by atoms with Gasteiger partial charge in [0.05, 0.1) is 5.69 Å². The van der Waals surface area contributed by atoms with Gasteiger partial charge in [0.15, 0.2) is 0 Å². The standard InChI is InChI=1S/C15H17NO/c1-4-12-6-8-14(16-12)15(17)13-7-5-10(2)9-11(13)3/h5-9,16H,4H2,1-3H3. The lowest BCUT2D eigenvalue weighted by Crippen LogP contribution is -2.04. The van der Waals surface area contributed by atoms with Crippen LogP contribution in [0.1, 0.15) is 39.8 Å². The number of hydrogen-bond donors (Lipinski definition) is 1. The van der Waals surface area contributed by atoms with Crippen molar-refractivity contribution in [1.29, 1.82) is 0 Å². The number of ketones is 1. The normalized spacial score (nSPS) is 10.5. The third kappa shape index (κ3) is 2.31. The predicted molar refractivity (Wildman–Crippen MR) is 69.5 cm³/mol. The Hall–Kier alpha value is -1.83. The quantitative estimate of drug-likeness (QED) is 0.801. The molecule has 0 saturated carbocycles. The lowest BCUT2D eigenvalue weighted by molar-refractivity contribution is 0.103. The van der Waals surface area contributed by atoms with Gasteiger partial charge in [0.25, 0.3) is 0 Å². The third-order valence-electron chi connectivity index (χ3n) is 3.00. The Balaban J connectivity index is 2.36. The number of aryl methyl sites for hydroxylation is 3. The fraction of sp³-hybridized carbons (Fsp3) is 0.267. The number of aromatic nitrogens is 1. The summed E-state index contributed by atoms with van der Waals surface area (Å²) in [6.45, 7) is 6.08. The molecule has 0 atom stereocenters. The number of carbonyl (C=O) groups is 1. The van der Waals surface area contributed by atoms with Crippen molar-refractivity contribution in [2.75, 3.05) is 0 Å². The van der Waals surface area contributed by atoms with E-state index in [1.807, 2.05) is 44.2 Å². The minimum atomic E-state index is 0.0715. The van der Waals surface area contributed by atoms with Gasteiger partial charge in [-0.2, -0.15) is 0 Å². The molecule has 88 valence electrons. The van der Waals surface area contributed by atoms with Gasteiger partial charge in [-0.25, -0.2) is 0 Å². The summed E-state index contributed by atoms with van der Waals surface area (Å²) in [5, 5.41) is 0. The van der Waals surface area contributed by atoms with Crippen LogP contribution in [0.25, 0.3) is 0 Å². The van der Waals surface area contributed by atoms with E-state index in [1.165, 1.54) is 5.56 Å². The smallest absolute Gasteiger partial charge is 0.209 e.